The number of piperazine rings is 1. The summed E-state index contributed by atoms with van der Waals surface area (Å²) in [4.78, 5) is 2.10. The molecular weight excluding hydrogens is 178 g/mol. The molecule has 1 fully saturated rings. The molecule has 1 heterocycles. The van der Waals surface area contributed by atoms with Gasteiger partial charge in [-0.05, 0) is 7.05 Å². The molecule has 5 nitrogen and oxygen atoms in total. The Morgan fingerprint density at radius 3 is 2.08 bits per heavy atom. The van der Waals surface area contributed by atoms with Crippen LogP contribution >= 0.6 is 0 Å². The van der Waals surface area contributed by atoms with Crippen molar-refractivity contribution in [2.45, 2.75) is 0 Å². The summed E-state index contributed by atoms with van der Waals surface area (Å²) in [6.45, 7) is 2.68. The van der Waals surface area contributed by atoms with E-state index in [1.165, 1.54) is 11.4 Å². The molecule has 0 aromatic carbocycles. The van der Waals surface area contributed by atoms with Gasteiger partial charge in [0.15, 0.2) is 0 Å². The maximum atomic E-state index is 11.2. The third-order valence-electron chi connectivity index (χ3n) is 2.02. The van der Waals surface area contributed by atoms with Crippen LogP contribution < -0.4 is 4.72 Å². The van der Waals surface area contributed by atoms with Crippen molar-refractivity contribution in [2.75, 3.05) is 40.3 Å². The molecule has 1 aliphatic rings. The van der Waals surface area contributed by atoms with E-state index >= 15 is 0 Å². The summed E-state index contributed by atoms with van der Waals surface area (Å²) in [5.74, 6) is 0. The van der Waals surface area contributed by atoms with Crippen LogP contribution in [0.2, 0.25) is 0 Å². The first kappa shape index (κ1) is 9.91. The summed E-state index contributed by atoms with van der Waals surface area (Å²) in [7, 11) is -0.0206. The van der Waals surface area contributed by atoms with Crippen LogP contribution in [-0.2, 0) is 10.2 Å². The highest BCUT2D eigenvalue weighted by Crippen LogP contribution is 2.03. The van der Waals surface area contributed by atoms with Crippen LogP contribution in [0.5, 0.6) is 0 Å². The molecule has 0 unspecified atom stereocenters. The van der Waals surface area contributed by atoms with Gasteiger partial charge in [-0.25, -0.2) is 0 Å². The Labute approximate surface area is 73.5 Å². The van der Waals surface area contributed by atoms with E-state index in [1.807, 2.05) is 7.05 Å². The standard InChI is InChI=1S/C6H14N3O2S/c1-7-12(10,11)9-5-3-8(2)4-6-9/h3-6H2,1-2H3. The van der Waals surface area contributed by atoms with Crippen molar-refractivity contribution in [1.29, 1.82) is 0 Å². The fourth-order valence-corrected chi connectivity index (χ4v) is 1.99. The lowest BCUT2D eigenvalue weighted by Crippen LogP contribution is -2.48. The van der Waals surface area contributed by atoms with Gasteiger partial charge in [-0.2, -0.15) is 12.7 Å². The minimum atomic E-state index is -3.31. The van der Waals surface area contributed by atoms with E-state index in [2.05, 4.69) is 9.62 Å². The van der Waals surface area contributed by atoms with Crippen LogP contribution in [0, 0.1) is 0 Å². The molecule has 71 valence electrons. The molecule has 6 heteroatoms. The van der Waals surface area contributed by atoms with Crippen LogP contribution in [0.15, 0.2) is 0 Å². The number of hydrogen-bond donors (Lipinski definition) is 0. The zero-order valence-corrected chi connectivity index (χ0v) is 8.21. The molecule has 0 spiro atoms. The van der Waals surface area contributed by atoms with Crippen LogP contribution in [0.3, 0.4) is 0 Å². The van der Waals surface area contributed by atoms with Gasteiger partial charge < -0.3 is 4.90 Å². The van der Waals surface area contributed by atoms with Gasteiger partial charge in [-0.1, -0.05) is 0 Å². The Balaban J connectivity index is 2.56. The summed E-state index contributed by atoms with van der Waals surface area (Å²) in [6.07, 6.45) is 0. The van der Waals surface area contributed by atoms with Crippen molar-refractivity contribution in [3.05, 3.63) is 0 Å². The molecule has 0 aliphatic carbocycles. The van der Waals surface area contributed by atoms with Gasteiger partial charge in [0.1, 0.15) is 0 Å². The van der Waals surface area contributed by atoms with Gasteiger partial charge in [0.25, 0.3) is 10.2 Å². The lowest BCUT2D eigenvalue weighted by atomic mass is 10.4. The van der Waals surface area contributed by atoms with Gasteiger partial charge >= 0.3 is 0 Å². The summed E-state index contributed by atoms with van der Waals surface area (Å²) in [6, 6.07) is 0. The lowest BCUT2D eigenvalue weighted by molar-refractivity contribution is 0.221. The van der Waals surface area contributed by atoms with Crippen molar-refractivity contribution >= 4 is 10.2 Å². The molecule has 12 heavy (non-hydrogen) atoms. The Kier molecular flexibility index (Phi) is 3.05. The predicted molar refractivity (Wildman–Crippen MR) is 46.0 cm³/mol. The van der Waals surface area contributed by atoms with Crippen LogP contribution in [-0.4, -0.2) is 57.9 Å². The number of hydrogen-bond acceptors (Lipinski definition) is 3. The average Bonchev–Trinajstić information content (AvgIpc) is 2.05. The molecule has 0 aromatic heterocycles. The van der Waals surface area contributed by atoms with E-state index in [0.29, 0.717) is 13.1 Å². The van der Waals surface area contributed by atoms with Gasteiger partial charge in [0.05, 0.1) is 0 Å². The lowest BCUT2D eigenvalue weighted by Gasteiger charge is -2.30. The summed E-state index contributed by atoms with van der Waals surface area (Å²) in [5.41, 5.74) is 0. The monoisotopic (exact) mass is 192 g/mol. The van der Waals surface area contributed by atoms with Gasteiger partial charge in [0, 0.05) is 33.2 Å². The summed E-state index contributed by atoms with van der Waals surface area (Å²) < 4.78 is 27.2. The number of likely N-dealkylation sites (N-methyl/N-ethyl adjacent to an activating group) is 1. The van der Waals surface area contributed by atoms with E-state index in [0.717, 1.165) is 13.1 Å². The smallest absolute Gasteiger partial charge is 0.295 e. The van der Waals surface area contributed by atoms with Crippen LogP contribution in [0.1, 0.15) is 0 Å². The maximum Gasteiger partial charge on any atom is 0.295 e. The third-order valence-corrected chi connectivity index (χ3v) is 3.50. The molecule has 1 saturated heterocycles. The Hall–Kier alpha value is -0.170. The molecule has 0 amide bonds. The second kappa shape index (κ2) is 3.69. The molecular formula is C6H14N3O2S. The minimum Gasteiger partial charge on any atom is -0.304 e. The topological polar surface area (TPSA) is 54.7 Å². The molecule has 1 rings (SSSR count). The Morgan fingerprint density at radius 1 is 1.17 bits per heavy atom. The van der Waals surface area contributed by atoms with Crippen LogP contribution in [0.25, 0.3) is 0 Å². The van der Waals surface area contributed by atoms with Gasteiger partial charge in [-0.3, -0.25) is 0 Å². The summed E-state index contributed by atoms with van der Waals surface area (Å²) in [5, 5.41) is 0. The fourth-order valence-electron chi connectivity index (χ4n) is 1.13. The maximum absolute atomic E-state index is 11.2. The molecule has 0 aromatic rings. The van der Waals surface area contributed by atoms with E-state index in [4.69, 9.17) is 0 Å². The molecule has 1 aliphatic heterocycles. The third kappa shape index (κ3) is 2.16. The number of nitrogens with zero attached hydrogens (tertiary/aromatic N) is 3. The van der Waals surface area contributed by atoms with Gasteiger partial charge in [0.2, 0.25) is 0 Å². The highest BCUT2D eigenvalue weighted by Gasteiger charge is 2.24. The van der Waals surface area contributed by atoms with Crippen molar-refractivity contribution < 1.29 is 8.42 Å². The highest BCUT2D eigenvalue weighted by molar-refractivity contribution is 7.87. The molecule has 1 radical (unpaired) electrons. The highest BCUT2D eigenvalue weighted by atomic mass is 32.2. The zero-order chi connectivity index (χ0) is 9.19. The quantitative estimate of drug-likeness (QED) is 0.547. The van der Waals surface area contributed by atoms with E-state index in [1.54, 1.807) is 0 Å². The second-order valence-electron chi connectivity index (χ2n) is 2.86. The van der Waals surface area contributed by atoms with Crippen molar-refractivity contribution in [2.24, 2.45) is 0 Å². The molecule has 0 N–H and O–H groups in total. The molecule has 0 atom stereocenters. The fraction of sp³-hybridized carbons (Fsp3) is 1.00. The Morgan fingerprint density at radius 2 is 1.67 bits per heavy atom. The molecule has 0 bridgehead atoms. The van der Waals surface area contributed by atoms with Gasteiger partial charge in [-0.15, -0.1) is 4.72 Å². The largest absolute Gasteiger partial charge is 0.304 e. The summed E-state index contributed by atoms with van der Waals surface area (Å²) >= 11 is 0. The normalized spacial score (nSPS) is 22.8. The second-order valence-corrected chi connectivity index (χ2v) is 4.64. The molecule has 0 saturated carbocycles. The van der Waals surface area contributed by atoms with Crippen molar-refractivity contribution in [3.8, 4) is 0 Å². The minimum absolute atomic E-state index is 0.552. The first-order chi connectivity index (χ1) is 5.56. The van der Waals surface area contributed by atoms with Crippen molar-refractivity contribution in [3.63, 3.8) is 0 Å². The predicted octanol–water partition coefficient (Wildman–Crippen LogP) is -1.29. The SMILES string of the molecule is C[N]S(=O)(=O)N1CCN(C)CC1. The Bertz CT molecular complexity index is 231. The first-order valence-electron chi connectivity index (χ1n) is 3.86. The average molecular weight is 192 g/mol. The van der Waals surface area contributed by atoms with E-state index in [9.17, 15) is 8.42 Å². The van der Waals surface area contributed by atoms with Crippen molar-refractivity contribution in [1.82, 2.24) is 13.9 Å². The number of rotatable bonds is 2. The van der Waals surface area contributed by atoms with E-state index in [-0.39, 0.29) is 0 Å². The van der Waals surface area contributed by atoms with Crippen LogP contribution in [0.4, 0.5) is 0 Å². The van der Waals surface area contributed by atoms with E-state index < -0.39 is 10.2 Å². The zero-order valence-electron chi connectivity index (χ0n) is 7.39. The first-order valence-corrected chi connectivity index (χ1v) is 5.25.